The smallest absolute Gasteiger partial charge is 0.748 e. The summed E-state index contributed by atoms with van der Waals surface area (Å²) in [7, 11) is -7.83. The molecule has 224 valence electrons. The average Bonchev–Trinajstić information content (AvgIpc) is 3.50. The number of nitrogens with zero attached hydrogens (tertiary/aromatic N) is 2. The molecule has 13 heteroatoms. The molecular weight excluding hydrogens is 634 g/mol. The summed E-state index contributed by atoms with van der Waals surface area (Å²) in [4.78, 5) is 9.52. The summed E-state index contributed by atoms with van der Waals surface area (Å²) in [6.45, 7) is 4.17. The molecule has 4 aromatic carbocycles. The molecule has 0 aromatic heterocycles. The van der Waals surface area contributed by atoms with Crippen LogP contribution in [0.4, 0.5) is 11.4 Å². The topological polar surface area (TPSA) is 148 Å². The molecule has 0 atom stereocenters. The van der Waals surface area contributed by atoms with E-state index in [4.69, 9.17) is 35.7 Å². The van der Waals surface area contributed by atoms with Crippen LogP contribution in [0.2, 0.25) is 0 Å². The van der Waals surface area contributed by atoms with Gasteiger partial charge in [0.15, 0.2) is 0 Å². The van der Waals surface area contributed by atoms with E-state index in [0.717, 1.165) is 47.0 Å². The summed E-state index contributed by atoms with van der Waals surface area (Å²) in [5.74, 6) is 1.68. The van der Waals surface area contributed by atoms with Crippen molar-refractivity contribution in [2.45, 2.75) is 26.7 Å². The standard InChI is InChI=1S/C30H24N2O.2CH4O3S.2Na/c1-19-3-9-26(10-4-19)33-27-11-5-21(6-12-27)30-18-25-17-23(8-14-29(25)32-30)22-7-13-28-24(16-22)15-20(2)31-28;2*1-5(2,3)4;;/h3-14,16-17H,15,18H2,1-2H3;2*1H3,(H,2,3,4);;/q;;;2*+1/p-2. The van der Waals surface area contributed by atoms with Gasteiger partial charge in [0.05, 0.1) is 37.3 Å². The van der Waals surface area contributed by atoms with E-state index in [-0.39, 0.29) is 59.1 Å². The minimum absolute atomic E-state index is 0. The first kappa shape index (κ1) is 39.0. The Morgan fingerprint density at radius 3 is 1.49 bits per heavy atom. The second kappa shape index (κ2) is 16.6. The fraction of sp³-hybridized carbons (Fsp3) is 0.188. The summed E-state index contributed by atoms with van der Waals surface area (Å²) in [5.41, 5.74) is 11.9. The Hall–Kier alpha value is -2.16. The maximum Gasteiger partial charge on any atom is 1.00 e. The molecule has 0 bridgehead atoms. The number of hydrogen-bond acceptors (Lipinski definition) is 9. The molecule has 0 N–H and O–H groups in total. The van der Waals surface area contributed by atoms with Gasteiger partial charge in [-0.2, -0.15) is 0 Å². The van der Waals surface area contributed by atoms with E-state index in [2.05, 4.69) is 79.5 Å². The molecule has 0 saturated carbocycles. The fourth-order valence-electron chi connectivity index (χ4n) is 4.54. The summed E-state index contributed by atoms with van der Waals surface area (Å²) >= 11 is 0. The van der Waals surface area contributed by atoms with Gasteiger partial charge in [0, 0.05) is 31.1 Å². The van der Waals surface area contributed by atoms with Crippen LogP contribution in [-0.2, 0) is 33.1 Å². The Kier molecular flexibility index (Phi) is 14.4. The van der Waals surface area contributed by atoms with Gasteiger partial charge in [0.25, 0.3) is 0 Å². The second-order valence-corrected chi connectivity index (χ2v) is 13.1. The molecule has 6 rings (SSSR count). The van der Waals surface area contributed by atoms with Gasteiger partial charge in [-0.1, -0.05) is 29.8 Å². The van der Waals surface area contributed by atoms with Crippen LogP contribution in [0.3, 0.4) is 0 Å². The Morgan fingerprint density at radius 1 is 0.600 bits per heavy atom. The molecule has 9 nitrogen and oxygen atoms in total. The number of aliphatic imine (C=N–C) groups is 2. The maximum atomic E-state index is 9.08. The van der Waals surface area contributed by atoms with E-state index in [1.165, 1.54) is 33.5 Å². The Labute approximate surface area is 309 Å². The van der Waals surface area contributed by atoms with E-state index < -0.39 is 20.2 Å². The zero-order chi connectivity index (χ0) is 31.4. The van der Waals surface area contributed by atoms with Crippen LogP contribution in [0.5, 0.6) is 11.5 Å². The zero-order valence-electron chi connectivity index (χ0n) is 26.1. The number of aryl methyl sites for hydroxylation is 1. The summed E-state index contributed by atoms with van der Waals surface area (Å²) in [6, 6.07) is 29.5. The fourth-order valence-corrected chi connectivity index (χ4v) is 4.54. The van der Waals surface area contributed by atoms with Crippen LogP contribution in [0.25, 0.3) is 11.1 Å². The summed E-state index contributed by atoms with van der Waals surface area (Å²) in [5, 5.41) is 0. The van der Waals surface area contributed by atoms with Crippen molar-refractivity contribution in [3.8, 4) is 22.6 Å². The third-order valence-electron chi connectivity index (χ3n) is 6.31. The van der Waals surface area contributed by atoms with Gasteiger partial charge < -0.3 is 13.8 Å². The Morgan fingerprint density at radius 2 is 1.00 bits per heavy atom. The quantitative estimate of drug-likeness (QED) is 0.222. The number of rotatable bonds is 4. The molecule has 2 aliphatic rings. The molecule has 2 heterocycles. The molecule has 4 aromatic rings. The summed E-state index contributed by atoms with van der Waals surface area (Å²) < 4.78 is 60.4. The molecular formula is C32H30N2Na2O7S2. The van der Waals surface area contributed by atoms with Crippen molar-refractivity contribution in [2.75, 3.05) is 12.5 Å². The number of benzene rings is 4. The Bertz CT molecular complexity index is 1880. The first-order valence-electron chi connectivity index (χ1n) is 13.2. The van der Waals surface area contributed by atoms with Crippen LogP contribution in [0.1, 0.15) is 29.2 Å². The van der Waals surface area contributed by atoms with Crippen LogP contribution < -0.4 is 63.9 Å². The molecule has 45 heavy (non-hydrogen) atoms. The van der Waals surface area contributed by atoms with Gasteiger partial charge in [-0.05, 0) is 102 Å². The SMILES string of the molecule is CC1=Nc2ccc(-c3ccc4c(c3)CC(c3ccc(Oc5ccc(C)cc5)cc3)=N4)cc2C1.CS(=O)(=O)[O-].CS(=O)(=O)[O-].[Na+].[Na+]. The van der Waals surface area contributed by atoms with Crippen molar-refractivity contribution >= 4 is 43.0 Å². The van der Waals surface area contributed by atoms with E-state index in [0.29, 0.717) is 12.5 Å². The van der Waals surface area contributed by atoms with Gasteiger partial charge in [0.1, 0.15) is 11.5 Å². The third kappa shape index (κ3) is 12.9. The molecule has 0 spiro atoms. The van der Waals surface area contributed by atoms with Crippen LogP contribution in [0, 0.1) is 6.92 Å². The summed E-state index contributed by atoms with van der Waals surface area (Å²) in [6.07, 6.45) is 3.00. The van der Waals surface area contributed by atoms with Crippen LogP contribution in [0.15, 0.2) is 94.9 Å². The van der Waals surface area contributed by atoms with Crippen molar-refractivity contribution in [2.24, 2.45) is 9.98 Å². The van der Waals surface area contributed by atoms with Crippen molar-refractivity contribution in [3.63, 3.8) is 0 Å². The van der Waals surface area contributed by atoms with E-state index in [1.807, 2.05) is 24.3 Å². The first-order chi connectivity index (χ1) is 20.1. The van der Waals surface area contributed by atoms with Gasteiger partial charge in [0.2, 0.25) is 0 Å². The van der Waals surface area contributed by atoms with Crippen LogP contribution in [-0.4, -0.2) is 49.9 Å². The molecule has 2 aliphatic heterocycles. The van der Waals surface area contributed by atoms with Crippen LogP contribution >= 0.6 is 0 Å². The molecule has 0 amide bonds. The predicted octanol–water partition coefficient (Wildman–Crippen LogP) is 0.111. The van der Waals surface area contributed by atoms with Gasteiger partial charge in [-0.15, -0.1) is 0 Å². The molecule has 0 fully saturated rings. The van der Waals surface area contributed by atoms with E-state index in [9.17, 15) is 0 Å². The predicted molar refractivity (Wildman–Crippen MR) is 167 cm³/mol. The molecule has 0 radical (unpaired) electrons. The minimum Gasteiger partial charge on any atom is -0.748 e. The van der Waals surface area contributed by atoms with Gasteiger partial charge >= 0.3 is 59.1 Å². The normalized spacial score (nSPS) is 12.8. The van der Waals surface area contributed by atoms with Gasteiger partial charge in [-0.25, -0.2) is 16.8 Å². The second-order valence-electron chi connectivity index (χ2n) is 10.3. The van der Waals surface area contributed by atoms with Crippen molar-refractivity contribution in [1.82, 2.24) is 0 Å². The van der Waals surface area contributed by atoms with Gasteiger partial charge in [-0.3, -0.25) is 9.98 Å². The number of fused-ring (bicyclic) bond motifs is 2. The van der Waals surface area contributed by atoms with Crippen molar-refractivity contribution in [1.29, 1.82) is 0 Å². The van der Waals surface area contributed by atoms with Crippen molar-refractivity contribution < 1.29 is 89.8 Å². The molecule has 0 aliphatic carbocycles. The average molecular weight is 665 g/mol. The number of ether oxygens (including phenoxy) is 1. The third-order valence-corrected chi connectivity index (χ3v) is 6.31. The zero-order valence-corrected chi connectivity index (χ0v) is 31.7. The van der Waals surface area contributed by atoms with Crippen molar-refractivity contribution in [3.05, 3.63) is 107 Å². The largest absolute Gasteiger partial charge is 1.00 e. The molecule has 0 saturated heterocycles. The number of hydrogen-bond donors (Lipinski definition) is 0. The minimum atomic E-state index is -3.92. The Balaban J connectivity index is 0.000000516. The maximum absolute atomic E-state index is 9.08. The first-order valence-corrected chi connectivity index (χ1v) is 16.8. The van der Waals surface area contributed by atoms with E-state index in [1.54, 1.807) is 0 Å². The molecule has 0 unspecified atom stereocenters. The monoisotopic (exact) mass is 664 g/mol. The van der Waals surface area contributed by atoms with E-state index >= 15 is 0 Å².